The molecule has 0 bridgehead atoms. The summed E-state index contributed by atoms with van der Waals surface area (Å²) in [5.41, 5.74) is 0.520. The average Bonchev–Trinajstić information content (AvgIpc) is 2.86. The predicted octanol–water partition coefficient (Wildman–Crippen LogP) is 1.22. The molecular weight excluding hydrogens is 272 g/mol. The summed E-state index contributed by atoms with van der Waals surface area (Å²) in [5, 5.41) is 21.2. The van der Waals surface area contributed by atoms with Crippen LogP contribution in [0.1, 0.15) is 24.9 Å². The highest BCUT2D eigenvalue weighted by molar-refractivity contribution is 5.84. The molecule has 1 aliphatic heterocycles. The van der Waals surface area contributed by atoms with E-state index in [-0.39, 0.29) is 18.6 Å². The lowest BCUT2D eigenvalue weighted by Crippen LogP contribution is -2.47. The molecule has 0 aromatic heterocycles. The van der Waals surface area contributed by atoms with Gasteiger partial charge >= 0.3 is 12.0 Å². The normalized spacial score (nSPS) is 22.9. The lowest BCUT2D eigenvalue weighted by atomic mass is 10.0. The minimum Gasteiger partial charge on any atom is -0.479 e. The number of amides is 2. The van der Waals surface area contributed by atoms with Crippen molar-refractivity contribution >= 4 is 12.0 Å². The van der Waals surface area contributed by atoms with Crippen LogP contribution in [0.15, 0.2) is 30.3 Å². The highest BCUT2D eigenvalue weighted by Gasteiger charge is 2.35. The van der Waals surface area contributed by atoms with Gasteiger partial charge in [-0.15, -0.1) is 0 Å². The van der Waals surface area contributed by atoms with Crippen LogP contribution in [-0.2, 0) is 4.79 Å². The van der Waals surface area contributed by atoms with E-state index >= 15 is 0 Å². The number of rotatable bonds is 4. The molecule has 3 unspecified atom stereocenters. The van der Waals surface area contributed by atoms with E-state index in [9.17, 15) is 19.8 Å². The van der Waals surface area contributed by atoms with Crippen LogP contribution < -0.4 is 5.32 Å². The van der Waals surface area contributed by atoms with E-state index < -0.39 is 18.0 Å². The molecule has 0 aliphatic carbocycles. The van der Waals surface area contributed by atoms with Crippen molar-refractivity contribution in [3.63, 3.8) is 0 Å². The van der Waals surface area contributed by atoms with Crippen molar-refractivity contribution < 1.29 is 19.8 Å². The minimum atomic E-state index is -1.11. The van der Waals surface area contributed by atoms with Gasteiger partial charge < -0.3 is 20.4 Å². The smallest absolute Gasteiger partial charge is 0.330 e. The van der Waals surface area contributed by atoms with Crippen molar-refractivity contribution in [3.8, 4) is 0 Å². The Hall–Kier alpha value is -2.08. The maximum absolute atomic E-state index is 12.3. The van der Waals surface area contributed by atoms with Crippen LogP contribution in [-0.4, -0.2) is 46.3 Å². The molecule has 2 rings (SSSR count). The zero-order valence-corrected chi connectivity index (χ0v) is 11.9. The third-order valence-corrected chi connectivity index (χ3v) is 3.98. The quantitative estimate of drug-likeness (QED) is 0.778. The van der Waals surface area contributed by atoms with E-state index in [0.717, 1.165) is 6.42 Å². The van der Waals surface area contributed by atoms with Crippen molar-refractivity contribution in [2.24, 2.45) is 5.92 Å². The first kappa shape index (κ1) is 15.3. The van der Waals surface area contributed by atoms with Crippen molar-refractivity contribution in [1.82, 2.24) is 10.2 Å². The number of carbonyl (C=O) groups is 2. The molecule has 1 aromatic carbocycles. The van der Waals surface area contributed by atoms with Gasteiger partial charge in [-0.05, 0) is 17.9 Å². The molecule has 6 nitrogen and oxygen atoms in total. The first-order chi connectivity index (χ1) is 10.0. The van der Waals surface area contributed by atoms with Crippen molar-refractivity contribution in [3.05, 3.63) is 35.9 Å². The Morgan fingerprint density at radius 3 is 2.62 bits per heavy atom. The van der Waals surface area contributed by atoms with Crippen LogP contribution in [0.5, 0.6) is 0 Å². The van der Waals surface area contributed by atoms with Gasteiger partial charge in [0, 0.05) is 6.54 Å². The number of nitrogens with one attached hydrogen (secondary N) is 1. The van der Waals surface area contributed by atoms with Crippen LogP contribution in [0, 0.1) is 5.92 Å². The molecular formula is C15H20N2O4. The number of carboxylic acids is 1. The average molecular weight is 292 g/mol. The minimum absolute atomic E-state index is 0.113. The second-order valence-electron chi connectivity index (χ2n) is 5.34. The second kappa shape index (κ2) is 6.58. The van der Waals surface area contributed by atoms with Gasteiger partial charge in [-0.2, -0.15) is 0 Å². The molecule has 3 atom stereocenters. The summed E-state index contributed by atoms with van der Waals surface area (Å²) >= 11 is 0. The Bertz CT molecular complexity index is 506. The Labute approximate surface area is 123 Å². The highest BCUT2D eigenvalue weighted by atomic mass is 16.4. The fraction of sp³-hybridized carbons (Fsp3) is 0.467. The number of hydrogen-bond donors (Lipinski definition) is 3. The number of aliphatic hydroxyl groups is 1. The third kappa shape index (κ3) is 3.33. The Morgan fingerprint density at radius 1 is 1.38 bits per heavy atom. The first-order valence-corrected chi connectivity index (χ1v) is 7.00. The summed E-state index contributed by atoms with van der Waals surface area (Å²) < 4.78 is 0. The van der Waals surface area contributed by atoms with Gasteiger partial charge in [0.2, 0.25) is 0 Å². The fourth-order valence-electron chi connectivity index (χ4n) is 2.68. The van der Waals surface area contributed by atoms with Crippen molar-refractivity contribution in [2.75, 3.05) is 13.2 Å². The Morgan fingerprint density at radius 2 is 2.05 bits per heavy atom. The molecule has 1 heterocycles. The molecule has 114 valence electrons. The third-order valence-electron chi connectivity index (χ3n) is 3.98. The maximum Gasteiger partial charge on any atom is 0.330 e. The number of carbonyl (C=O) groups excluding carboxylic acids is 1. The molecule has 0 saturated carbocycles. The number of benzene rings is 1. The number of urea groups is 1. The molecule has 1 aliphatic rings. The van der Waals surface area contributed by atoms with Crippen molar-refractivity contribution in [1.29, 1.82) is 0 Å². The summed E-state index contributed by atoms with van der Waals surface area (Å²) in [6.45, 7) is 2.39. The van der Waals surface area contributed by atoms with Gasteiger partial charge in [0.05, 0.1) is 12.6 Å². The monoisotopic (exact) mass is 292 g/mol. The van der Waals surface area contributed by atoms with Gasteiger partial charge in [-0.25, -0.2) is 9.59 Å². The van der Waals surface area contributed by atoms with E-state index in [1.807, 2.05) is 6.92 Å². The number of carboxylic acid groups (broad SMARTS) is 1. The zero-order chi connectivity index (χ0) is 15.4. The molecule has 21 heavy (non-hydrogen) atoms. The van der Waals surface area contributed by atoms with Gasteiger partial charge in [-0.1, -0.05) is 37.3 Å². The van der Waals surface area contributed by atoms with E-state index in [1.165, 1.54) is 4.90 Å². The molecule has 1 aromatic rings. The summed E-state index contributed by atoms with van der Waals surface area (Å²) in [7, 11) is 0. The van der Waals surface area contributed by atoms with Crippen molar-refractivity contribution in [2.45, 2.75) is 25.4 Å². The molecule has 3 N–H and O–H groups in total. The van der Waals surface area contributed by atoms with Crippen LogP contribution >= 0.6 is 0 Å². The largest absolute Gasteiger partial charge is 0.479 e. The van der Waals surface area contributed by atoms with Crippen LogP contribution in [0.4, 0.5) is 4.79 Å². The number of nitrogens with zero attached hydrogens (tertiary/aromatic N) is 1. The second-order valence-corrected chi connectivity index (χ2v) is 5.34. The number of aliphatic carboxylic acids is 1. The standard InChI is InChI=1S/C15H20N2O4/c1-10-7-8-17(12(10)9-18)15(21)16-13(14(19)20)11-5-3-2-4-6-11/h2-6,10,12-13,18H,7-9H2,1H3,(H,16,21)(H,19,20). The topological polar surface area (TPSA) is 89.9 Å². The van der Waals surface area contributed by atoms with Gasteiger partial charge in [0.15, 0.2) is 6.04 Å². The lowest BCUT2D eigenvalue weighted by molar-refractivity contribution is -0.139. The SMILES string of the molecule is CC1CCN(C(=O)NC(C(=O)O)c2ccccc2)C1CO. The zero-order valence-electron chi connectivity index (χ0n) is 11.9. The first-order valence-electron chi connectivity index (χ1n) is 7.00. The molecule has 2 amide bonds. The van der Waals surface area contributed by atoms with E-state index in [0.29, 0.717) is 12.1 Å². The van der Waals surface area contributed by atoms with Crippen LogP contribution in [0.25, 0.3) is 0 Å². The molecule has 6 heteroatoms. The Balaban J connectivity index is 2.11. The number of hydrogen-bond acceptors (Lipinski definition) is 3. The van der Waals surface area contributed by atoms with Gasteiger partial charge in [0.25, 0.3) is 0 Å². The summed E-state index contributed by atoms with van der Waals surface area (Å²) in [6, 6.07) is 6.77. The molecule has 1 saturated heterocycles. The lowest BCUT2D eigenvalue weighted by Gasteiger charge is -2.27. The summed E-state index contributed by atoms with van der Waals surface area (Å²) in [4.78, 5) is 25.2. The van der Waals surface area contributed by atoms with E-state index in [1.54, 1.807) is 30.3 Å². The van der Waals surface area contributed by atoms with Crippen LogP contribution in [0.3, 0.4) is 0 Å². The summed E-state index contributed by atoms with van der Waals surface area (Å²) in [6.07, 6.45) is 0.807. The van der Waals surface area contributed by atoms with E-state index in [2.05, 4.69) is 5.32 Å². The molecule has 0 radical (unpaired) electrons. The van der Waals surface area contributed by atoms with Gasteiger partial charge in [-0.3, -0.25) is 0 Å². The molecule has 0 spiro atoms. The predicted molar refractivity (Wildman–Crippen MR) is 76.7 cm³/mol. The number of likely N-dealkylation sites (tertiary alicyclic amines) is 1. The maximum atomic E-state index is 12.3. The van der Waals surface area contributed by atoms with E-state index in [4.69, 9.17) is 0 Å². The molecule has 1 fully saturated rings. The van der Waals surface area contributed by atoms with Crippen LogP contribution in [0.2, 0.25) is 0 Å². The number of aliphatic hydroxyl groups excluding tert-OH is 1. The highest BCUT2D eigenvalue weighted by Crippen LogP contribution is 2.24. The Kier molecular flexibility index (Phi) is 4.80. The fourth-order valence-corrected chi connectivity index (χ4v) is 2.68. The summed E-state index contributed by atoms with van der Waals surface area (Å²) in [5.74, 6) is -0.900. The van der Waals surface area contributed by atoms with Gasteiger partial charge in [0.1, 0.15) is 0 Å².